The molecule has 43 heavy (non-hydrogen) atoms. The molecule has 1 N–H and O–H groups in total. The summed E-state index contributed by atoms with van der Waals surface area (Å²) in [5.74, 6) is -0.381. The summed E-state index contributed by atoms with van der Waals surface area (Å²) >= 11 is 8.65. The number of anilines is 1. The molecule has 1 amide bonds. The molecule has 0 spiro atoms. The minimum Gasteiger partial charge on any atom is -0.507 e. The Morgan fingerprint density at radius 2 is 1.81 bits per heavy atom. The minimum atomic E-state index is -0.990. The largest absolute Gasteiger partial charge is 0.507 e. The number of carbonyl (C=O) groups is 2. The summed E-state index contributed by atoms with van der Waals surface area (Å²) in [5, 5.41) is 20.9. The molecule has 1 aliphatic rings. The lowest BCUT2D eigenvalue weighted by molar-refractivity contribution is -0.132. The Kier molecular flexibility index (Phi) is 9.49. The molecule has 1 fully saturated rings. The number of carbonyl (C=O) groups excluding carboxylic acids is 2. The van der Waals surface area contributed by atoms with Gasteiger partial charge < -0.3 is 14.6 Å². The van der Waals surface area contributed by atoms with Crippen molar-refractivity contribution < 1.29 is 24.2 Å². The van der Waals surface area contributed by atoms with Crippen LogP contribution in [0, 0.1) is 6.92 Å². The minimum absolute atomic E-state index is 0.0540. The molecule has 1 aromatic heterocycles. The predicted molar refractivity (Wildman–Crippen MR) is 170 cm³/mol. The number of thioether (sulfide) groups is 1. The fraction of sp³-hybridized carbons (Fsp3) is 0.188. The van der Waals surface area contributed by atoms with Gasteiger partial charge in [0.1, 0.15) is 12.4 Å². The average Bonchev–Trinajstić information content (AvgIpc) is 3.58. The molecule has 0 bridgehead atoms. The van der Waals surface area contributed by atoms with Crippen LogP contribution in [0.1, 0.15) is 35.2 Å². The number of amides is 1. The highest BCUT2D eigenvalue weighted by atomic mass is 35.5. The molecule has 220 valence electrons. The molecular weight excluding hydrogens is 606 g/mol. The van der Waals surface area contributed by atoms with Crippen molar-refractivity contribution in [2.75, 3.05) is 18.1 Å². The zero-order chi connectivity index (χ0) is 30.5. The molecule has 0 aliphatic carbocycles. The number of benzene rings is 3. The van der Waals surface area contributed by atoms with E-state index in [1.165, 1.54) is 28.0 Å². The van der Waals surface area contributed by atoms with Crippen molar-refractivity contribution in [1.29, 1.82) is 0 Å². The van der Waals surface area contributed by atoms with Gasteiger partial charge in [0.25, 0.3) is 5.78 Å². The number of ketones is 1. The third-order valence-corrected chi connectivity index (χ3v) is 8.97. The second-order valence-corrected chi connectivity index (χ2v) is 12.2. The van der Waals surface area contributed by atoms with E-state index in [-0.39, 0.29) is 23.1 Å². The van der Waals surface area contributed by atoms with Crippen molar-refractivity contribution >= 4 is 57.3 Å². The second kappa shape index (κ2) is 13.5. The van der Waals surface area contributed by atoms with Crippen LogP contribution in [0.15, 0.2) is 89.3 Å². The van der Waals surface area contributed by atoms with Gasteiger partial charge >= 0.3 is 5.91 Å². The Hall–Kier alpha value is -4.12. The molecule has 4 aromatic rings. The maximum atomic E-state index is 13.6. The van der Waals surface area contributed by atoms with E-state index in [9.17, 15) is 14.7 Å². The van der Waals surface area contributed by atoms with E-state index in [0.717, 1.165) is 11.1 Å². The Balaban J connectivity index is 1.57. The number of aromatic nitrogens is 2. The smallest absolute Gasteiger partial charge is 0.301 e. The summed E-state index contributed by atoms with van der Waals surface area (Å²) in [4.78, 5) is 28.5. The summed E-state index contributed by atoms with van der Waals surface area (Å²) in [7, 11) is 0. The average molecular weight is 634 g/mol. The highest BCUT2D eigenvalue weighted by molar-refractivity contribution is 8.00. The third-order valence-electron chi connectivity index (χ3n) is 6.59. The summed E-state index contributed by atoms with van der Waals surface area (Å²) in [5.41, 5.74) is 2.94. The van der Waals surface area contributed by atoms with E-state index in [4.69, 9.17) is 21.1 Å². The van der Waals surface area contributed by atoms with Crippen LogP contribution in [-0.2, 0) is 15.3 Å². The fourth-order valence-electron chi connectivity index (χ4n) is 4.53. The normalized spacial score (nSPS) is 16.0. The summed E-state index contributed by atoms with van der Waals surface area (Å²) < 4.78 is 12.2. The molecule has 3 aromatic carbocycles. The van der Waals surface area contributed by atoms with Crippen LogP contribution in [0.4, 0.5) is 5.13 Å². The van der Waals surface area contributed by atoms with Gasteiger partial charge in [-0.3, -0.25) is 14.5 Å². The molecule has 0 saturated carbocycles. The van der Waals surface area contributed by atoms with Crippen LogP contribution >= 0.6 is 34.7 Å². The van der Waals surface area contributed by atoms with E-state index >= 15 is 0 Å². The first-order valence-corrected chi connectivity index (χ1v) is 15.6. The number of ether oxygens (including phenoxy) is 2. The summed E-state index contributed by atoms with van der Waals surface area (Å²) in [6.07, 6.45) is 1.62. The SMILES string of the molecule is C=CCOc1ccc(C2C(=C(O)c3ccc(C)cc3)C(=O)C(=O)N2c2nnc(SCc3ccc(Cl)cc3)s2)cc1OCC. The first-order chi connectivity index (χ1) is 20.8. The number of Topliss-reactive ketones (excluding diaryl/α,β-unsaturated/α-hetero) is 1. The van der Waals surface area contributed by atoms with E-state index in [0.29, 0.717) is 44.3 Å². The highest BCUT2D eigenvalue weighted by Gasteiger charge is 2.48. The van der Waals surface area contributed by atoms with Gasteiger partial charge in [0.05, 0.1) is 18.2 Å². The zero-order valence-corrected chi connectivity index (χ0v) is 25.8. The van der Waals surface area contributed by atoms with Crippen molar-refractivity contribution in [3.8, 4) is 11.5 Å². The first-order valence-electron chi connectivity index (χ1n) is 13.4. The van der Waals surface area contributed by atoms with Crippen LogP contribution in [-0.4, -0.2) is 40.2 Å². The van der Waals surface area contributed by atoms with E-state index in [1.54, 1.807) is 36.4 Å². The molecule has 2 heterocycles. The lowest BCUT2D eigenvalue weighted by Gasteiger charge is -2.23. The number of nitrogens with zero attached hydrogens (tertiary/aromatic N) is 3. The molecule has 1 atom stereocenters. The van der Waals surface area contributed by atoms with Crippen LogP contribution in [0.2, 0.25) is 5.02 Å². The predicted octanol–water partition coefficient (Wildman–Crippen LogP) is 7.38. The van der Waals surface area contributed by atoms with Crippen molar-refractivity contribution in [1.82, 2.24) is 10.2 Å². The Morgan fingerprint density at radius 3 is 2.51 bits per heavy atom. The number of aliphatic hydroxyl groups is 1. The lowest BCUT2D eigenvalue weighted by Crippen LogP contribution is -2.29. The highest BCUT2D eigenvalue weighted by Crippen LogP contribution is 2.45. The number of hydrogen-bond acceptors (Lipinski definition) is 9. The molecule has 5 rings (SSSR count). The standard InChI is InChI=1S/C32H28ClN3O5S2/c1-4-16-41-24-15-12-22(17-25(24)40-5-2)27-26(28(37)21-10-6-19(3)7-11-21)29(38)30(39)36(27)31-34-35-32(43-31)42-18-20-8-13-23(33)14-9-20/h4,6-15,17,27,37H,1,5,16,18H2,2-3H3. The van der Waals surface area contributed by atoms with Crippen LogP contribution in [0.5, 0.6) is 11.5 Å². The quantitative estimate of drug-likeness (QED) is 0.0456. The Bertz CT molecular complexity index is 1690. The number of rotatable bonds is 11. The van der Waals surface area contributed by atoms with Gasteiger partial charge in [0.2, 0.25) is 5.13 Å². The number of hydrogen-bond donors (Lipinski definition) is 1. The van der Waals surface area contributed by atoms with Crippen LogP contribution < -0.4 is 14.4 Å². The van der Waals surface area contributed by atoms with Crippen molar-refractivity contribution in [2.45, 2.75) is 30.0 Å². The topological polar surface area (TPSA) is 102 Å². The van der Waals surface area contributed by atoms with Crippen LogP contribution in [0.3, 0.4) is 0 Å². The monoisotopic (exact) mass is 633 g/mol. The van der Waals surface area contributed by atoms with Gasteiger partial charge in [0.15, 0.2) is 15.8 Å². The van der Waals surface area contributed by atoms with E-state index in [1.807, 2.05) is 50.2 Å². The van der Waals surface area contributed by atoms with Gasteiger partial charge in [-0.2, -0.15) is 0 Å². The second-order valence-electron chi connectivity index (χ2n) is 9.54. The van der Waals surface area contributed by atoms with Gasteiger partial charge in [0, 0.05) is 16.3 Å². The van der Waals surface area contributed by atoms with Gasteiger partial charge in [-0.25, -0.2) is 0 Å². The molecule has 1 aliphatic heterocycles. The van der Waals surface area contributed by atoms with E-state index < -0.39 is 17.7 Å². The van der Waals surface area contributed by atoms with Gasteiger partial charge in [-0.05, 0) is 49.2 Å². The molecular formula is C32H28ClN3O5S2. The lowest BCUT2D eigenvalue weighted by atomic mass is 9.95. The fourth-order valence-corrected chi connectivity index (χ4v) is 6.48. The maximum absolute atomic E-state index is 13.6. The van der Waals surface area contributed by atoms with Crippen molar-refractivity contribution in [3.05, 3.63) is 112 Å². The number of halogens is 1. The maximum Gasteiger partial charge on any atom is 0.301 e. The molecule has 8 nitrogen and oxygen atoms in total. The molecule has 11 heteroatoms. The first kappa shape index (κ1) is 30.3. The van der Waals surface area contributed by atoms with Gasteiger partial charge in [-0.1, -0.05) is 95.4 Å². The Morgan fingerprint density at radius 1 is 1.07 bits per heavy atom. The molecule has 1 unspecified atom stereocenters. The van der Waals surface area contributed by atoms with Crippen molar-refractivity contribution in [2.24, 2.45) is 0 Å². The Labute approximate surface area is 262 Å². The molecule has 0 radical (unpaired) electrons. The van der Waals surface area contributed by atoms with E-state index in [2.05, 4.69) is 16.8 Å². The summed E-state index contributed by atoms with van der Waals surface area (Å²) in [6.45, 7) is 8.09. The number of aryl methyl sites for hydroxylation is 1. The van der Waals surface area contributed by atoms with Crippen LogP contribution in [0.25, 0.3) is 5.76 Å². The zero-order valence-electron chi connectivity index (χ0n) is 23.5. The number of aliphatic hydroxyl groups excluding tert-OH is 1. The van der Waals surface area contributed by atoms with Gasteiger partial charge in [-0.15, -0.1) is 10.2 Å². The van der Waals surface area contributed by atoms with Crippen molar-refractivity contribution in [3.63, 3.8) is 0 Å². The molecule has 1 saturated heterocycles. The summed E-state index contributed by atoms with van der Waals surface area (Å²) in [6, 6.07) is 18.8. The third kappa shape index (κ3) is 6.61.